The first-order valence-corrected chi connectivity index (χ1v) is 7.88. The molecule has 0 saturated heterocycles. The van der Waals surface area contributed by atoms with E-state index < -0.39 is 0 Å². The molecule has 0 radical (unpaired) electrons. The van der Waals surface area contributed by atoms with Gasteiger partial charge in [0.25, 0.3) is 0 Å². The van der Waals surface area contributed by atoms with Crippen LogP contribution in [0.3, 0.4) is 0 Å². The van der Waals surface area contributed by atoms with E-state index in [1.54, 1.807) is 0 Å². The van der Waals surface area contributed by atoms with Gasteiger partial charge in [-0.2, -0.15) is 0 Å². The van der Waals surface area contributed by atoms with Crippen LogP contribution in [0.4, 0.5) is 0 Å². The first-order chi connectivity index (χ1) is 10.0. The predicted molar refractivity (Wildman–Crippen MR) is 90.3 cm³/mol. The highest BCUT2D eigenvalue weighted by atomic mass is 35.5. The third-order valence-corrected chi connectivity index (χ3v) is 4.13. The predicted octanol–water partition coefficient (Wildman–Crippen LogP) is 4.90. The minimum absolute atomic E-state index is 0.174. The molecular weight excluding hydrogens is 303 g/mol. The molecule has 2 aromatic rings. The molecule has 21 heavy (non-hydrogen) atoms. The number of nitrogens with one attached hydrogen (secondary N) is 1. The molecule has 112 valence electrons. The molecule has 0 spiro atoms. The van der Waals surface area contributed by atoms with Gasteiger partial charge in [0.1, 0.15) is 0 Å². The number of hydrogen-bond acceptors (Lipinski definition) is 2. The fraction of sp³-hybridized carbons (Fsp3) is 0.353. The number of likely N-dealkylation sites (N-methyl/N-ethyl adjacent to an activating group) is 1. The van der Waals surface area contributed by atoms with E-state index >= 15 is 0 Å². The number of hydrogen-bond donors (Lipinski definition) is 1. The maximum Gasteiger partial charge on any atom is 0.0453 e. The number of aryl methyl sites for hydroxylation is 2. The van der Waals surface area contributed by atoms with Crippen LogP contribution in [0.15, 0.2) is 30.3 Å². The van der Waals surface area contributed by atoms with Crippen LogP contribution < -0.4 is 5.32 Å². The van der Waals surface area contributed by atoms with Crippen LogP contribution in [0, 0.1) is 13.8 Å². The minimum atomic E-state index is 0.174. The SMILES string of the molecule is CCNC(Cc1c(Cl)cccc1Cl)c1cc(C)nc(C)c1. The number of halogens is 2. The lowest BCUT2D eigenvalue weighted by atomic mass is 9.98. The summed E-state index contributed by atoms with van der Waals surface area (Å²) in [5.74, 6) is 0. The number of aromatic nitrogens is 1. The van der Waals surface area contributed by atoms with Crippen molar-refractivity contribution in [3.8, 4) is 0 Å². The zero-order valence-corrected chi connectivity index (χ0v) is 14.1. The van der Waals surface area contributed by atoms with Crippen LogP contribution in [-0.2, 0) is 6.42 Å². The van der Waals surface area contributed by atoms with Crippen molar-refractivity contribution in [3.63, 3.8) is 0 Å². The molecule has 0 aliphatic carbocycles. The summed E-state index contributed by atoms with van der Waals surface area (Å²) in [6, 6.07) is 10.0. The summed E-state index contributed by atoms with van der Waals surface area (Å²) in [6.07, 6.45) is 0.759. The second-order valence-electron chi connectivity index (χ2n) is 5.20. The molecular formula is C17H20Cl2N2. The lowest BCUT2D eigenvalue weighted by Crippen LogP contribution is -2.23. The van der Waals surface area contributed by atoms with Crippen LogP contribution in [0.25, 0.3) is 0 Å². The van der Waals surface area contributed by atoms with Gasteiger partial charge >= 0.3 is 0 Å². The smallest absolute Gasteiger partial charge is 0.0453 e. The Kier molecular flexibility index (Phi) is 5.63. The minimum Gasteiger partial charge on any atom is -0.310 e. The topological polar surface area (TPSA) is 24.9 Å². The van der Waals surface area contributed by atoms with E-state index in [1.165, 1.54) is 5.56 Å². The number of pyridine rings is 1. The van der Waals surface area contributed by atoms with Crippen molar-refractivity contribution in [1.82, 2.24) is 10.3 Å². The Bertz CT molecular complexity index is 586. The monoisotopic (exact) mass is 322 g/mol. The largest absolute Gasteiger partial charge is 0.310 e. The number of nitrogens with zero attached hydrogens (tertiary/aromatic N) is 1. The lowest BCUT2D eigenvalue weighted by Gasteiger charge is -2.20. The molecule has 4 heteroatoms. The van der Waals surface area contributed by atoms with E-state index in [2.05, 4.69) is 29.4 Å². The van der Waals surface area contributed by atoms with Crippen molar-refractivity contribution in [2.24, 2.45) is 0 Å². The normalized spacial score (nSPS) is 12.4. The summed E-state index contributed by atoms with van der Waals surface area (Å²) in [4.78, 5) is 4.44. The van der Waals surface area contributed by atoms with Gasteiger partial charge in [-0.3, -0.25) is 4.98 Å². The van der Waals surface area contributed by atoms with E-state index in [4.69, 9.17) is 23.2 Å². The average molecular weight is 323 g/mol. The fourth-order valence-electron chi connectivity index (χ4n) is 2.55. The molecule has 0 aliphatic heterocycles. The maximum absolute atomic E-state index is 6.30. The highest BCUT2D eigenvalue weighted by molar-refractivity contribution is 6.36. The highest BCUT2D eigenvalue weighted by Crippen LogP contribution is 2.29. The second-order valence-corrected chi connectivity index (χ2v) is 6.01. The molecule has 1 atom stereocenters. The summed E-state index contributed by atoms with van der Waals surface area (Å²) in [7, 11) is 0. The molecule has 1 aromatic heterocycles. The Morgan fingerprint density at radius 3 is 2.19 bits per heavy atom. The molecule has 1 N–H and O–H groups in total. The van der Waals surface area contributed by atoms with Crippen LogP contribution in [0.2, 0.25) is 10.0 Å². The van der Waals surface area contributed by atoms with Gasteiger partial charge in [0.15, 0.2) is 0 Å². The van der Waals surface area contributed by atoms with Gasteiger partial charge in [0.2, 0.25) is 0 Å². The molecule has 2 nitrogen and oxygen atoms in total. The van der Waals surface area contributed by atoms with Crippen molar-refractivity contribution in [1.29, 1.82) is 0 Å². The first-order valence-electron chi connectivity index (χ1n) is 7.12. The second kappa shape index (κ2) is 7.26. The summed E-state index contributed by atoms with van der Waals surface area (Å²) in [5, 5.41) is 4.94. The molecule has 0 saturated carbocycles. The average Bonchev–Trinajstić information content (AvgIpc) is 2.40. The van der Waals surface area contributed by atoms with Gasteiger partial charge in [0.05, 0.1) is 0 Å². The Morgan fingerprint density at radius 2 is 1.67 bits per heavy atom. The third-order valence-electron chi connectivity index (χ3n) is 3.43. The molecule has 0 bridgehead atoms. The first kappa shape index (κ1) is 16.3. The molecule has 0 fully saturated rings. The summed E-state index contributed by atoms with van der Waals surface area (Å²) in [6.45, 7) is 7.01. The number of benzene rings is 1. The Hall–Kier alpha value is -1.09. The van der Waals surface area contributed by atoms with E-state index in [0.717, 1.165) is 29.9 Å². The molecule has 0 aliphatic rings. The van der Waals surface area contributed by atoms with Gasteiger partial charge in [-0.15, -0.1) is 0 Å². The molecule has 1 unspecified atom stereocenters. The zero-order valence-electron chi connectivity index (χ0n) is 12.6. The Balaban J connectivity index is 2.35. The van der Waals surface area contributed by atoms with Gasteiger partial charge in [-0.05, 0) is 62.2 Å². The van der Waals surface area contributed by atoms with Gasteiger partial charge in [-0.25, -0.2) is 0 Å². The molecule has 2 rings (SSSR count). The summed E-state index contributed by atoms with van der Waals surface area (Å²) >= 11 is 12.6. The van der Waals surface area contributed by atoms with Gasteiger partial charge in [-0.1, -0.05) is 36.2 Å². The fourth-order valence-corrected chi connectivity index (χ4v) is 3.11. The standard InChI is InChI=1S/C17H20Cl2N2/c1-4-20-17(13-8-11(2)21-12(3)9-13)10-14-15(18)6-5-7-16(14)19/h5-9,17,20H,4,10H2,1-3H3. The summed E-state index contributed by atoms with van der Waals surface area (Å²) < 4.78 is 0. The maximum atomic E-state index is 6.30. The molecule has 1 aromatic carbocycles. The number of rotatable bonds is 5. The van der Waals surface area contributed by atoms with Crippen LogP contribution >= 0.6 is 23.2 Å². The van der Waals surface area contributed by atoms with Crippen molar-refractivity contribution in [2.75, 3.05) is 6.54 Å². The van der Waals surface area contributed by atoms with Crippen molar-refractivity contribution < 1.29 is 0 Å². The van der Waals surface area contributed by atoms with Crippen molar-refractivity contribution in [2.45, 2.75) is 33.2 Å². The van der Waals surface area contributed by atoms with Crippen LogP contribution in [-0.4, -0.2) is 11.5 Å². The van der Waals surface area contributed by atoms with E-state index in [1.807, 2.05) is 32.0 Å². The molecule has 0 amide bonds. The summed E-state index contributed by atoms with van der Waals surface area (Å²) in [5.41, 5.74) is 4.26. The zero-order chi connectivity index (χ0) is 15.4. The Morgan fingerprint density at radius 1 is 1.10 bits per heavy atom. The van der Waals surface area contributed by atoms with E-state index in [-0.39, 0.29) is 6.04 Å². The van der Waals surface area contributed by atoms with E-state index in [0.29, 0.717) is 10.0 Å². The highest BCUT2D eigenvalue weighted by Gasteiger charge is 2.16. The van der Waals surface area contributed by atoms with Crippen molar-refractivity contribution >= 4 is 23.2 Å². The van der Waals surface area contributed by atoms with E-state index in [9.17, 15) is 0 Å². The molecule has 1 heterocycles. The third kappa shape index (κ3) is 4.19. The quantitative estimate of drug-likeness (QED) is 0.846. The van der Waals surface area contributed by atoms with Crippen molar-refractivity contribution in [3.05, 3.63) is 62.9 Å². The van der Waals surface area contributed by atoms with Gasteiger partial charge < -0.3 is 5.32 Å². The van der Waals surface area contributed by atoms with Crippen LogP contribution in [0.5, 0.6) is 0 Å². The van der Waals surface area contributed by atoms with Gasteiger partial charge in [0, 0.05) is 27.5 Å². The van der Waals surface area contributed by atoms with Crippen LogP contribution in [0.1, 0.15) is 35.5 Å². The lowest BCUT2D eigenvalue weighted by molar-refractivity contribution is 0.548. The Labute approximate surface area is 136 Å².